The predicted molar refractivity (Wildman–Crippen MR) is 64.5 cm³/mol. The van der Waals surface area contributed by atoms with Crippen molar-refractivity contribution in [2.24, 2.45) is 0 Å². The Morgan fingerprint density at radius 3 is 1.95 bits per heavy atom. The van der Waals surface area contributed by atoms with E-state index in [-0.39, 0.29) is 19.0 Å². The summed E-state index contributed by atoms with van der Waals surface area (Å²) in [6, 6.07) is 3.33. The first-order valence-electron chi connectivity index (χ1n) is 5.99. The maximum Gasteiger partial charge on any atom is 0.259 e. The van der Waals surface area contributed by atoms with Crippen LogP contribution in [0.5, 0.6) is 0 Å². The summed E-state index contributed by atoms with van der Waals surface area (Å²) in [4.78, 5) is 26.2. The minimum atomic E-state index is -0.862. The molecule has 1 saturated heterocycles. The summed E-state index contributed by atoms with van der Waals surface area (Å²) in [5.41, 5.74) is -0.529. The van der Waals surface area contributed by atoms with Crippen LogP contribution in [-0.2, 0) is 4.79 Å². The molecule has 1 aliphatic rings. The topological polar surface area (TPSA) is 40.6 Å². The fourth-order valence-corrected chi connectivity index (χ4v) is 2.08. The third kappa shape index (κ3) is 2.72. The molecule has 0 aromatic heterocycles. The van der Waals surface area contributed by atoms with E-state index < -0.39 is 23.1 Å². The van der Waals surface area contributed by atoms with Gasteiger partial charge in [0.15, 0.2) is 0 Å². The Morgan fingerprint density at radius 2 is 1.47 bits per heavy atom. The van der Waals surface area contributed by atoms with Gasteiger partial charge in [0.2, 0.25) is 5.91 Å². The zero-order chi connectivity index (χ0) is 14.0. The highest BCUT2D eigenvalue weighted by Crippen LogP contribution is 2.16. The molecule has 102 valence electrons. The predicted octanol–water partition coefficient (Wildman–Crippen LogP) is 1.27. The minimum Gasteiger partial charge on any atom is -0.339 e. The highest BCUT2D eigenvalue weighted by atomic mass is 19.1. The average molecular weight is 268 g/mol. The van der Waals surface area contributed by atoms with E-state index in [4.69, 9.17) is 0 Å². The first kappa shape index (κ1) is 13.5. The second-order valence-corrected chi connectivity index (χ2v) is 4.39. The number of carbonyl (C=O) groups excluding carboxylic acids is 2. The molecule has 0 atom stereocenters. The molecule has 2 rings (SSSR count). The highest BCUT2D eigenvalue weighted by Gasteiger charge is 2.26. The summed E-state index contributed by atoms with van der Waals surface area (Å²) >= 11 is 0. The molecule has 0 spiro atoms. The van der Waals surface area contributed by atoms with Gasteiger partial charge in [-0.05, 0) is 12.1 Å². The van der Waals surface area contributed by atoms with Crippen LogP contribution in [0, 0.1) is 11.6 Å². The molecule has 1 aliphatic heterocycles. The molecule has 0 aliphatic carbocycles. The van der Waals surface area contributed by atoms with Crippen molar-refractivity contribution in [3.63, 3.8) is 0 Å². The number of rotatable bonds is 1. The Hall–Kier alpha value is -1.98. The van der Waals surface area contributed by atoms with Gasteiger partial charge in [0, 0.05) is 33.1 Å². The van der Waals surface area contributed by atoms with E-state index in [1.54, 1.807) is 4.90 Å². The number of amides is 2. The molecule has 1 fully saturated rings. The van der Waals surface area contributed by atoms with Gasteiger partial charge < -0.3 is 9.80 Å². The molecule has 0 saturated carbocycles. The fraction of sp³-hybridized carbons (Fsp3) is 0.385. The van der Waals surface area contributed by atoms with Crippen LogP contribution >= 0.6 is 0 Å². The quantitative estimate of drug-likeness (QED) is 0.769. The largest absolute Gasteiger partial charge is 0.339 e. The second kappa shape index (κ2) is 5.34. The number of halogens is 2. The van der Waals surface area contributed by atoms with Gasteiger partial charge in [-0.25, -0.2) is 8.78 Å². The highest BCUT2D eigenvalue weighted by molar-refractivity contribution is 5.95. The van der Waals surface area contributed by atoms with E-state index in [0.29, 0.717) is 13.1 Å². The van der Waals surface area contributed by atoms with E-state index >= 15 is 0 Å². The van der Waals surface area contributed by atoms with Gasteiger partial charge in [-0.3, -0.25) is 9.59 Å². The van der Waals surface area contributed by atoms with Crippen molar-refractivity contribution >= 4 is 11.8 Å². The Kier molecular flexibility index (Phi) is 3.78. The lowest BCUT2D eigenvalue weighted by atomic mass is 10.1. The lowest BCUT2D eigenvalue weighted by Crippen LogP contribution is -2.50. The van der Waals surface area contributed by atoms with E-state index in [9.17, 15) is 18.4 Å². The monoisotopic (exact) mass is 268 g/mol. The Labute approximate surface area is 109 Å². The molecule has 0 bridgehead atoms. The van der Waals surface area contributed by atoms with Crippen LogP contribution in [0.15, 0.2) is 18.2 Å². The molecule has 1 aromatic rings. The van der Waals surface area contributed by atoms with Crippen LogP contribution in [0.2, 0.25) is 0 Å². The minimum absolute atomic E-state index is 0.0656. The zero-order valence-electron chi connectivity index (χ0n) is 10.5. The number of hydrogen-bond acceptors (Lipinski definition) is 2. The van der Waals surface area contributed by atoms with Crippen LogP contribution in [0.1, 0.15) is 17.3 Å². The standard InChI is InChI=1S/C13H14F2N2O2/c1-9(18)16-5-7-17(8-6-16)13(19)12-10(14)3-2-4-11(12)15/h2-4H,5-8H2,1H3. The number of hydrogen-bond donors (Lipinski definition) is 0. The van der Waals surface area contributed by atoms with Crippen LogP contribution in [-0.4, -0.2) is 47.8 Å². The molecule has 19 heavy (non-hydrogen) atoms. The van der Waals surface area contributed by atoms with E-state index in [1.165, 1.54) is 17.9 Å². The maximum absolute atomic E-state index is 13.5. The fourth-order valence-electron chi connectivity index (χ4n) is 2.08. The SMILES string of the molecule is CC(=O)N1CCN(C(=O)c2c(F)cccc2F)CC1. The van der Waals surface area contributed by atoms with Gasteiger partial charge in [0.1, 0.15) is 17.2 Å². The van der Waals surface area contributed by atoms with Crippen molar-refractivity contribution < 1.29 is 18.4 Å². The van der Waals surface area contributed by atoms with Crippen molar-refractivity contribution in [2.75, 3.05) is 26.2 Å². The van der Waals surface area contributed by atoms with Gasteiger partial charge >= 0.3 is 0 Å². The summed E-state index contributed by atoms with van der Waals surface area (Å²) in [6.07, 6.45) is 0. The van der Waals surface area contributed by atoms with Crippen LogP contribution in [0.4, 0.5) is 8.78 Å². The first-order valence-corrected chi connectivity index (χ1v) is 5.99. The molecular formula is C13H14F2N2O2. The molecule has 2 amide bonds. The molecular weight excluding hydrogens is 254 g/mol. The van der Waals surface area contributed by atoms with Crippen molar-refractivity contribution in [1.29, 1.82) is 0 Å². The van der Waals surface area contributed by atoms with Crippen LogP contribution in [0.25, 0.3) is 0 Å². The molecule has 0 radical (unpaired) electrons. The summed E-state index contributed by atoms with van der Waals surface area (Å²) in [6.45, 7) is 2.79. The first-order chi connectivity index (χ1) is 9.00. The van der Waals surface area contributed by atoms with Crippen LogP contribution in [0.3, 0.4) is 0 Å². The smallest absolute Gasteiger partial charge is 0.259 e. The second-order valence-electron chi connectivity index (χ2n) is 4.39. The Bertz CT molecular complexity index is 491. The van der Waals surface area contributed by atoms with E-state index in [1.807, 2.05) is 0 Å². The number of nitrogens with zero attached hydrogens (tertiary/aromatic N) is 2. The molecule has 0 unspecified atom stereocenters. The lowest BCUT2D eigenvalue weighted by molar-refractivity contribution is -0.130. The van der Waals surface area contributed by atoms with Crippen LogP contribution < -0.4 is 0 Å². The number of piperazine rings is 1. The van der Waals surface area contributed by atoms with Crippen molar-refractivity contribution in [3.8, 4) is 0 Å². The van der Waals surface area contributed by atoms with Gasteiger partial charge in [-0.1, -0.05) is 6.07 Å². The normalized spacial score (nSPS) is 15.5. The molecule has 4 nitrogen and oxygen atoms in total. The van der Waals surface area contributed by atoms with E-state index in [0.717, 1.165) is 12.1 Å². The van der Waals surface area contributed by atoms with Gasteiger partial charge in [0.25, 0.3) is 5.91 Å². The third-order valence-corrected chi connectivity index (χ3v) is 3.19. The lowest BCUT2D eigenvalue weighted by Gasteiger charge is -2.34. The zero-order valence-corrected chi connectivity index (χ0v) is 10.5. The van der Waals surface area contributed by atoms with Gasteiger partial charge in [-0.2, -0.15) is 0 Å². The van der Waals surface area contributed by atoms with Crippen molar-refractivity contribution in [1.82, 2.24) is 9.80 Å². The summed E-state index contributed by atoms with van der Waals surface area (Å²) in [5.74, 6) is -2.46. The van der Waals surface area contributed by atoms with Gasteiger partial charge in [-0.15, -0.1) is 0 Å². The Morgan fingerprint density at radius 1 is 1.00 bits per heavy atom. The van der Waals surface area contributed by atoms with Crippen molar-refractivity contribution in [2.45, 2.75) is 6.92 Å². The Balaban J connectivity index is 2.12. The van der Waals surface area contributed by atoms with Gasteiger partial charge in [0.05, 0.1) is 0 Å². The van der Waals surface area contributed by atoms with Crippen molar-refractivity contribution in [3.05, 3.63) is 35.4 Å². The molecule has 1 heterocycles. The average Bonchev–Trinajstić information content (AvgIpc) is 2.38. The maximum atomic E-state index is 13.5. The molecule has 1 aromatic carbocycles. The summed E-state index contributed by atoms with van der Waals surface area (Å²) < 4.78 is 27.0. The number of benzene rings is 1. The molecule has 6 heteroatoms. The number of carbonyl (C=O) groups is 2. The molecule has 0 N–H and O–H groups in total. The summed E-state index contributed by atoms with van der Waals surface area (Å²) in [7, 11) is 0. The van der Waals surface area contributed by atoms with E-state index in [2.05, 4.69) is 0 Å². The third-order valence-electron chi connectivity index (χ3n) is 3.19. The summed E-state index contributed by atoms with van der Waals surface area (Å²) in [5, 5.41) is 0.